The first-order chi connectivity index (χ1) is 11.7. The van der Waals surface area contributed by atoms with Gasteiger partial charge in [0.1, 0.15) is 5.76 Å². The lowest BCUT2D eigenvalue weighted by Crippen LogP contribution is -2.39. The first-order valence-corrected chi connectivity index (χ1v) is 9.07. The smallest absolute Gasteiger partial charge is 0.163 e. The number of hydrogen-bond acceptors (Lipinski definition) is 4. The van der Waals surface area contributed by atoms with Crippen LogP contribution in [0.2, 0.25) is 0 Å². The van der Waals surface area contributed by atoms with Gasteiger partial charge in [-0.15, -0.1) is 0 Å². The highest BCUT2D eigenvalue weighted by Crippen LogP contribution is 2.42. The normalized spacial score (nSPS) is 18.8. The van der Waals surface area contributed by atoms with Crippen LogP contribution in [-0.4, -0.2) is 36.2 Å². The van der Waals surface area contributed by atoms with E-state index in [4.69, 9.17) is 4.84 Å². The predicted molar refractivity (Wildman–Crippen MR) is 101 cm³/mol. The first-order valence-electron chi connectivity index (χ1n) is 9.07. The molecule has 1 N–H and O–H groups in total. The Morgan fingerprint density at radius 1 is 1.28 bits per heavy atom. The molecule has 2 rings (SSSR count). The number of rotatable bonds is 5. The van der Waals surface area contributed by atoms with Gasteiger partial charge in [0.05, 0.1) is 12.7 Å². The highest BCUT2D eigenvalue weighted by molar-refractivity contribution is 6.21. The quantitative estimate of drug-likeness (QED) is 0.635. The molecule has 138 valence electrons. The molecule has 1 fully saturated rings. The van der Waals surface area contributed by atoms with Crippen LogP contribution in [0.4, 0.5) is 0 Å². The van der Waals surface area contributed by atoms with Crippen LogP contribution in [0, 0.1) is 19.3 Å². The number of hydroxylamine groups is 2. The number of Topliss-reactive ketones (excluding diaryl/α,β-unsaturated/α-hetero) is 1. The second kappa shape index (κ2) is 7.71. The minimum atomic E-state index is -0.404. The van der Waals surface area contributed by atoms with Crippen LogP contribution >= 0.6 is 0 Å². The van der Waals surface area contributed by atoms with E-state index in [0.717, 1.165) is 49.0 Å². The Hall–Kier alpha value is -1.65. The van der Waals surface area contributed by atoms with Crippen molar-refractivity contribution in [2.45, 2.75) is 53.9 Å². The number of aryl methyl sites for hydroxylation is 3. The van der Waals surface area contributed by atoms with Crippen molar-refractivity contribution in [1.29, 1.82) is 0 Å². The van der Waals surface area contributed by atoms with Crippen LogP contribution in [0.25, 0.3) is 5.57 Å². The molecule has 0 aromatic heterocycles. The van der Waals surface area contributed by atoms with Crippen LogP contribution in [0.1, 0.15) is 55.9 Å². The number of carbonyl (C=O) groups is 1. The van der Waals surface area contributed by atoms with Crippen molar-refractivity contribution in [3.8, 4) is 0 Å². The predicted octanol–water partition coefficient (Wildman–Crippen LogP) is 4.39. The standard InChI is InChI=1S/C21H31NO3/c1-7-17-13-14(2)12-15(3)18(17)19(16(4)23)20(24)21(5)8-10-22(25-6)11-9-21/h12-13,24H,7-11H2,1-6H3/b20-19-. The Labute approximate surface area is 151 Å². The van der Waals surface area contributed by atoms with Gasteiger partial charge < -0.3 is 9.94 Å². The Morgan fingerprint density at radius 3 is 2.36 bits per heavy atom. The Morgan fingerprint density at radius 2 is 1.88 bits per heavy atom. The summed E-state index contributed by atoms with van der Waals surface area (Å²) in [5.74, 6) is 0.159. The van der Waals surface area contributed by atoms with E-state index in [1.54, 1.807) is 14.0 Å². The fraction of sp³-hybridized carbons (Fsp3) is 0.571. The van der Waals surface area contributed by atoms with Crippen molar-refractivity contribution < 1.29 is 14.7 Å². The maximum atomic E-state index is 12.5. The molecule has 1 aromatic rings. The van der Waals surface area contributed by atoms with E-state index < -0.39 is 5.41 Å². The van der Waals surface area contributed by atoms with Gasteiger partial charge >= 0.3 is 0 Å². The molecule has 4 heteroatoms. The molecule has 0 amide bonds. The molecular weight excluding hydrogens is 314 g/mol. The van der Waals surface area contributed by atoms with Crippen LogP contribution in [0.3, 0.4) is 0 Å². The number of nitrogens with zero attached hydrogens (tertiary/aromatic N) is 1. The van der Waals surface area contributed by atoms with Gasteiger partial charge in [-0.25, -0.2) is 0 Å². The number of piperidine rings is 1. The molecule has 0 aliphatic carbocycles. The number of carbonyl (C=O) groups excluding carboxylic acids is 1. The molecule has 1 heterocycles. The summed E-state index contributed by atoms with van der Waals surface area (Å²) < 4.78 is 0. The molecule has 25 heavy (non-hydrogen) atoms. The van der Waals surface area contributed by atoms with Crippen LogP contribution in [0.15, 0.2) is 17.9 Å². The minimum absolute atomic E-state index is 0.0745. The van der Waals surface area contributed by atoms with Crippen molar-refractivity contribution in [2.24, 2.45) is 5.41 Å². The van der Waals surface area contributed by atoms with Crippen LogP contribution < -0.4 is 0 Å². The monoisotopic (exact) mass is 345 g/mol. The summed E-state index contributed by atoms with van der Waals surface area (Å²) in [7, 11) is 1.67. The number of ketones is 1. The largest absolute Gasteiger partial charge is 0.511 e. The summed E-state index contributed by atoms with van der Waals surface area (Å²) in [6, 6.07) is 4.20. The van der Waals surface area contributed by atoms with E-state index in [0.29, 0.717) is 5.57 Å². The van der Waals surface area contributed by atoms with Gasteiger partial charge in [-0.05, 0) is 56.7 Å². The molecule has 4 nitrogen and oxygen atoms in total. The number of aliphatic hydroxyl groups excluding tert-OH is 1. The lowest BCUT2D eigenvalue weighted by Gasteiger charge is -2.38. The van der Waals surface area contributed by atoms with Crippen molar-refractivity contribution in [1.82, 2.24) is 5.06 Å². The average molecular weight is 345 g/mol. The highest BCUT2D eigenvalue weighted by atomic mass is 16.7. The summed E-state index contributed by atoms with van der Waals surface area (Å²) in [4.78, 5) is 17.8. The Kier molecular flexibility index (Phi) is 6.07. The third-order valence-electron chi connectivity index (χ3n) is 5.44. The van der Waals surface area contributed by atoms with E-state index >= 15 is 0 Å². The first kappa shape index (κ1) is 19.7. The molecule has 0 saturated carbocycles. The van der Waals surface area contributed by atoms with Gasteiger partial charge in [0, 0.05) is 18.5 Å². The molecule has 0 bridgehead atoms. The van der Waals surface area contributed by atoms with E-state index in [1.807, 2.05) is 18.9 Å². The van der Waals surface area contributed by atoms with Crippen molar-refractivity contribution in [3.05, 3.63) is 40.1 Å². The molecule has 1 aliphatic heterocycles. The van der Waals surface area contributed by atoms with Gasteiger partial charge in [0.2, 0.25) is 0 Å². The van der Waals surface area contributed by atoms with Crippen molar-refractivity contribution >= 4 is 11.4 Å². The summed E-state index contributed by atoms with van der Waals surface area (Å²) in [5.41, 5.74) is 4.34. The fourth-order valence-corrected chi connectivity index (χ4v) is 3.85. The summed E-state index contributed by atoms with van der Waals surface area (Å²) in [6.45, 7) is 11.3. The summed E-state index contributed by atoms with van der Waals surface area (Å²) >= 11 is 0. The van der Waals surface area contributed by atoms with Gasteiger partial charge in [0.15, 0.2) is 5.78 Å². The molecular formula is C21H31NO3. The number of aliphatic hydroxyl groups is 1. The van der Waals surface area contributed by atoms with E-state index in [2.05, 4.69) is 26.0 Å². The highest BCUT2D eigenvalue weighted by Gasteiger charge is 2.37. The minimum Gasteiger partial charge on any atom is -0.511 e. The average Bonchev–Trinajstić information content (AvgIpc) is 2.56. The Balaban J connectivity index is 2.58. The lowest BCUT2D eigenvalue weighted by molar-refractivity contribution is -0.156. The third-order valence-corrected chi connectivity index (χ3v) is 5.44. The lowest BCUT2D eigenvalue weighted by atomic mass is 9.75. The Bertz CT molecular complexity index is 683. The molecule has 1 aliphatic rings. The van der Waals surface area contributed by atoms with E-state index in [-0.39, 0.29) is 11.5 Å². The second-order valence-electron chi connectivity index (χ2n) is 7.42. The van der Waals surface area contributed by atoms with Crippen molar-refractivity contribution in [2.75, 3.05) is 20.2 Å². The van der Waals surface area contributed by atoms with Crippen molar-refractivity contribution in [3.63, 3.8) is 0 Å². The topological polar surface area (TPSA) is 49.8 Å². The van der Waals surface area contributed by atoms with E-state index in [9.17, 15) is 9.90 Å². The molecule has 0 spiro atoms. The maximum absolute atomic E-state index is 12.5. The van der Waals surface area contributed by atoms with Gasteiger partial charge in [-0.2, -0.15) is 5.06 Å². The van der Waals surface area contributed by atoms with E-state index in [1.165, 1.54) is 5.56 Å². The molecule has 0 unspecified atom stereocenters. The molecule has 1 saturated heterocycles. The molecule has 0 radical (unpaired) electrons. The fourth-order valence-electron chi connectivity index (χ4n) is 3.85. The van der Waals surface area contributed by atoms with Gasteiger partial charge in [-0.1, -0.05) is 31.5 Å². The van der Waals surface area contributed by atoms with Gasteiger partial charge in [0.25, 0.3) is 0 Å². The van der Waals surface area contributed by atoms with Crippen LogP contribution in [0.5, 0.6) is 0 Å². The number of benzene rings is 1. The number of hydrogen-bond donors (Lipinski definition) is 1. The zero-order chi connectivity index (χ0) is 18.8. The summed E-state index contributed by atoms with van der Waals surface area (Å²) in [5, 5.41) is 13.1. The molecule has 1 aromatic carbocycles. The SMILES string of the molecule is CCc1cc(C)cc(C)c1/C(C(C)=O)=C(\O)C1(C)CCN(OC)CC1. The van der Waals surface area contributed by atoms with Crippen LogP contribution in [-0.2, 0) is 16.1 Å². The third kappa shape index (κ3) is 3.96. The van der Waals surface area contributed by atoms with Gasteiger partial charge in [-0.3, -0.25) is 4.79 Å². The number of allylic oxidation sites excluding steroid dienone is 2. The zero-order valence-corrected chi connectivity index (χ0v) is 16.4. The molecule has 0 atom stereocenters. The zero-order valence-electron chi connectivity index (χ0n) is 16.4. The maximum Gasteiger partial charge on any atom is 0.163 e. The summed E-state index contributed by atoms with van der Waals surface area (Å²) in [6.07, 6.45) is 2.35. The second-order valence-corrected chi connectivity index (χ2v) is 7.42.